The first-order valence-corrected chi connectivity index (χ1v) is 9.97. The first-order chi connectivity index (χ1) is 13.2. The van der Waals surface area contributed by atoms with Crippen molar-refractivity contribution in [1.29, 1.82) is 0 Å². The summed E-state index contributed by atoms with van der Waals surface area (Å²) >= 11 is 1.36. The van der Waals surface area contributed by atoms with Gasteiger partial charge in [-0.1, -0.05) is 12.8 Å². The van der Waals surface area contributed by atoms with E-state index in [0.29, 0.717) is 4.88 Å². The van der Waals surface area contributed by atoms with Gasteiger partial charge in [0.15, 0.2) is 0 Å². The molecule has 8 heteroatoms. The highest BCUT2D eigenvalue weighted by Crippen LogP contribution is 2.37. The SMILES string of the molecule is CC(=O)Nc1ccc(NC(=O)c2cc3c(s2)CCCCCC3)c(C(F)(F)F)c1. The van der Waals surface area contributed by atoms with E-state index in [9.17, 15) is 22.8 Å². The molecule has 1 aromatic heterocycles. The number of rotatable bonds is 3. The van der Waals surface area contributed by atoms with E-state index in [1.807, 2.05) is 0 Å². The van der Waals surface area contributed by atoms with Crippen molar-refractivity contribution in [2.24, 2.45) is 0 Å². The van der Waals surface area contributed by atoms with Crippen LogP contribution in [-0.2, 0) is 23.8 Å². The quantitative estimate of drug-likeness (QED) is 0.688. The van der Waals surface area contributed by atoms with Crippen molar-refractivity contribution < 1.29 is 22.8 Å². The van der Waals surface area contributed by atoms with Gasteiger partial charge in [0.2, 0.25) is 5.91 Å². The predicted molar refractivity (Wildman–Crippen MR) is 104 cm³/mol. The molecule has 0 bridgehead atoms. The smallest absolute Gasteiger partial charge is 0.326 e. The Labute approximate surface area is 165 Å². The average Bonchev–Trinajstić information content (AvgIpc) is 2.97. The molecule has 0 fully saturated rings. The molecular weight excluding hydrogens is 389 g/mol. The molecule has 4 nitrogen and oxygen atoms in total. The number of carbonyl (C=O) groups excluding carboxylic acids is 2. The van der Waals surface area contributed by atoms with Crippen LogP contribution in [0.1, 0.15) is 58.3 Å². The van der Waals surface area contributed by atoms with E-state index < -0.39 is 23.6 Å². The summed E-state index contributed by atoms with van der Waals surface area (Å²) in [6, 6.07) is 5.13. The minimum atomic E-state index is -4.67. The van der Waals surface area contributed by atoms with Crippen molar-refractivity contribution in [2.45, 2.75) is 51.6 Å². The van der Waals surface area contributed by atoms with Gasteiger partial charge in [0.05, 0.1) is 16.1 Å². The maximum Gasteiger partial charge on any atom is 0.418 e. The van der Waals surface area contributed by atoms with Crippen molar-refractivity contribution in [3.63, 3.8) is 0 Å². The zero-order valence-corrected chi connectivity index (χ0v) is 16.2. The van der Waals surface area contributed by atoms with E-state index in [0.717, 1.165) is 61.1 Å². The highest BCUT2D eigenvalue weighted by Gasteiger charge is 2.34. The summed E-state index contributed by atoms with van der Waals surface area (Å²) in [5.41, 5.74) is -0.168. The lowest BCUT2D eigenvalue weighted by molar-refractivity contribution is -0.137. The lowest BCUT2D eigenvalue weighted by Gasteiger charge is -2.15. The molecule has 28 heavy (non-hydrogen) atoms. The Morgan fingerprint density at radius 1 is 1.00 bits per heavy atom. The van der Waals surface area contributed by atoms with Crippen molar-refractivity contribution in [2.75, 3.05) is 10.6 Å². The molecule has 2 aromatic rings. The number of hydrogen-bond acceptors (Lipinski definition) is 3. The van der Waals surface area contributed by atoms with E-state index in [1.54, 1.807) is 6.07 Å². The number of thiophene rings is 1. The summed E-state index contributed by atoms with van der Waals surface area (Å²) in [5.74, 6) is -1.02. The summed E-state index contributed by atoms with van der Waals surface area (Å²) in [7, 11) is 0. The number of aryl methyl sites for hydroxylation is 2. The Morgan fingerprint density at radius 2 is 1.71 bits per heavy atom. The zero-order valence-electron chi connectivity index (χ0n) is 15.4. The fourth-order valence-corrected chi connectivity index (χ4v) is 4.46. The van der Waals surface area contributed by atoms with Gasteiger partial charge in [-0.15, -0.1) is 11.3 Å². The molecule has 2 amide bonds. The molecule has 0 radical (unpaired) electrons. The molecule has 0 unspecified atom stereocenters. The van der Waals surface area contributed by atoms with Crippen LogP contribution in [0.4, 0.5) is 24.5 Å². The Morgan fingerprint density at radius 3 is 2.39 bits per heavy atom. The number of anilines is 2. The number of alkyl halides is 3. The van der Waals surface area contributed by atoms with Gasteiger partial charge in [-0.2, -0.15) is 13.2 Å². The average molecular weight is 410 g/mol. The number of hydrogen-bond donors (Lipinski definition) is 2. The van der Waals surface area contributed by atoms with E-state index >= 15 is 0 Å². The third-order valence-electron chi connectivity index (χ3n) is 4.61. The maximum absolute atomic E-state index is 13.4. The number of nitrogens with one attached hydrogen (secondary N) is 2. The van der Waals surface area contributed by atoms with Crippen LogP contribution in [0, 0.1) is 0 Å². The molecule has 3 rings (SSSR count). The third-order valence-corrected chi connectivity index (χ3v) is 5.85. The van der Waals surface area contributed by atoms with Gasteiger partial charge in [-0.3, -0.25) is 9.59 Å². The largest absolute Gasteiger partial charge is 0.418 e. The monoisotopic (exact) mass is 410 g/mol. The summed E-state index contributed by atoms with van der Waals surface area (Å²) in [6.07, 6.45) is 1.60. The predicted octanol–water partition coefficient (Wildman–Crippen LogP) is 5.64. The molecule has 150 valence electrons. The second-order valence-corrected chi connectivity index (χ2v) is 8.00. The number of halogens is 3. The van der Waals surface area contributed by atoms with E-state index in [-0.39, 0.29) is 11.4 Å². The van der Waals surface area contributed by atoms with Gasteiger partial charge in [0.25, 0.3) is 5.91 Å². The van der Waals surface area contributed by atoms with Crippen molar-refractivity contribution >= 4 is 34.5 Å². The Kier molecular flexibility index (Phi) is 6.07. The molecule has 0 spiro atoms. The second kappa shape index (κ2) is 8.34. The standard InChI is InChI=1S/C20H21F3N2O2S/c1-12(26)24-14-8-9-16(15(11-14)20(21,22)23)25-19(27)18-10-13-6-4-2-3-5-7-17(13)28-18/h8-11H,2-7H2,1H3,(H,24,26)(H,25,27). The second-order valence-electron chi connectivity index (χ2n) is 6.87. The van der Waals surface area contributed by atoms with Crippen LogP contribution in [0.15, 0.2) is 24.3 Å². The maximum atomic E-state index is 13.4. The number of carbonyl (C=O) groups is 2. The van der Waals surface area contributed by atoms with E-state index in [2.05, 4.69) is 10.6 Å². The van der Waals surface area contributed by atoms with Crippen LogP contribution in [0.2, 0.25) is 0 Å². The number of benzene rings is 1. The van der Waals surface area contributed by atoms with Crippen molar-refractivity contribution in [3.05, 3.63) is 45.1 Å². The lowest BCUT2D eigenvalue weighted by atomic mass is 10.00. The van der Waals surface area contributed by atoms with Crippen molar-refractivity contribution in [1.82, 2.24) is 0 Å². The van der Waals surface area contributed by atoms with E-state index in [4.69, 9.17) is 0 Å². The van der Waals surface area contributed by atoms with Crippen LogP contribution in [0.25, 0.3) is 0 Å². The van der Waals surface area contributed by atoms with Gasteiger partial charge in [0.1, 0.15) is 0 Å². The highest BCUT2D eigenvalue weighted by atomic mass is 32.1. The van der Waals surface area contributed by atoms with Crippen LogP contribution in [0.3, 0.4) is 0 Å². The Balaban J connectivity index is 1.85. The fraction of sp³-hybridized carbons (Fsp3) is 0.400. The molecule has 1 aliphatic rings. The first-order valence-electron chi connectivity index (χ1n) is 9.16. The minimum absolute atomic E-state index is 0.0249. The molecule has 1 aromatic carbocycles. The van der Waals surface area contributed by atoms with Gasteiger partial charge in [-0.05, 0) is 55.5 Å². The first kappa shape index (κ1) is 20.4. The molecule has 2 N–H and O–H groups in total. The fourth-order valence-electron chi connectivity index (χ4n) is 3.31. The molecule has 0 saturated heterocycles. The van der Waals surface area contributed by atoms with Crippen LogP contribution in [0.5, 0.6) is 0 Å². The topological polar surface area (TPSA) is 58.2 Å². The number of fused-ring (bicyclic) bond motifs is 1. The lowest BCUT2D eigenvalue weighted by Crippen LogP contribution is -2.17. The summed E-state index contributed by atoms with van der Waals surface area (Å²) < 4.78 is 40.3. The zero-order chi connectivity index (χ0) is 20.3. The van der Waals surface area contributed by atoms with E-state index in [1.165, 1.54) is 24.3 Å². The molecule has 1 heterocycles. The van der Waals surface area contributed by atoms with Gasteiger partial charge >= 0.3 is 6.18 Å². The summed E-state index contributed by atoms with van der Waals surface area (Å²) in [4.78, 5) is 25.3. The van der Waals surface area contributed by atoms with Crippen molar-refractivity contribution in [3.8, 4) is 0 Å². The molecule has 0 saturated carbocycles. The van der Waals surface area contributed by atoms with Gasteiger partial charge < -0.3 is 10.6 Å². The third kappa shape index (κ3) is 4.92. The van der Waals surface area contributed by atoms with Gasteiger partial charge in [0, 0.05) is 17.5 Å². The van der Waals surface area contributed by atoms with Crippen LogP contribution in [-0.4, -0.2) is 11.8 Å². The highest BCUT2D eigenvalue weighted by molar-refractivity contribution is 7.14. The molecule has 1 aliphatic carbocycles. The van der Waals surface area contributed by atoms with Crippen LogP contribution >= 0.6 is 11.3 Å². The van der Waals surface area contributed by atoms with Gasteiger partial charge in [-0.25, -0.2) is 0 Å². The summed E-state index contributed by atoms with van der Waals surface area (Å²) in [5, 5.41) is 4.72. The summed E-state index contributed by atoms with van der Waals surface area (Å²) in [6.45, 7) is 1.21. The van der Waals surface area contributed by atoms with Crippen LogP contribution < -0.4 is 10.6 Å². The molecular formula is C20H21F3N2O2S. The molecule has 0 aliphatic heterocycles. The Bertz CT molecular complexity index is 865. The number of amides is 2. The Hall–Kier alpha value is -2.35. The molecule has 0 atom stereocenters. The normalized spacial score (nSPS) is 14.6. The minimum Gasteiger partial charge on any atom is -0.326 e.